The molecule has 3 heterocycles. The maximum Gasteiger partial charge on any atom is 0.265 e. The Morgan fingerprint density at radius 3 is 2.66 bits per heavy atom. The Bertz CT molecular complexity index is 1220. The molecule has 4 aromatic rings. The van der Waals surface area contributed by atoms with Crippen LogP contribution in [0.5, 0.6) is 0 Å². The highest BCUT2D eigenvalue weighted by Gasteiger charge is 2.26. The van der Waals surface area contributed by atoms with Crippen LogP contribution in [0.4, 0.5) is 0 Å². The van der Waals surface area contributed by atoms with E-state index in [0.717, 1.165) is 17.5 Å². The first-order valence-electron chi connectivity index (χ1n) is 10.7. The van der Waals surface area contributed by atoms with Crippen LogP contribution in [0.2, 0.25) is 5.15 Å². The molecule has 1 atom stereocenters. The van der Waals surface area contributed by atoms with Crippen LogP contribution in [0, 0.1) is 0 Å². The molecule has 8 heteroatoms. The zero-order chi connectivity index (χ0) is 22.5. The Morgan fingerprint density at radius 1 is 1.16 bits per heavy atom. The summed E-state index contributed by atoms with van der Waals surface area (Å²) in [6.45, 7) is 4.23. The van der Waals surface area contributed by atoms with Crippen LogP contribution in [-0.2, 0) is 13.1 Å². The van der Waals surface area contributed by atoms with E-state index in [-0.39, 0.29) is 11.6 Å². The van der Waals surface area contributed by atoms with Gasteiger partial charge in [0.15, 0.2) is 0 Å². The SMILES string of the molecule is CCC(c1nc2occc2c(=O)n1Cc1ccccc1)N(CCN)Cc1ccc(Cl)nc1. The fraction of sp³-hybridized carbons (Fsp3) is 0.292. The molecule has 0 spiro atoms. The number of hydrogen-bond acceptors (Lipinski definition) is 6. The van der Waals surface area contributed by atoms with Gasteiger partial charge in [-0.15, -0.1) is 0 Å². The van der Waals surface area contributed by atoms with E-state index in [1.54, 1.807) is 22.9 Å². The molecule has 0 amide bonds. The Morgan fingerprint density at radius 2 is 1.97 bits per heavy atom. The van der Waals surface area contributed by atoms with Crippen LogP contribution in [0.15, 0.2) is 70.2 Å². The Balaban J connectivity index is 1.79. The first-order chi connectivity index (χ1) is 15.6. The molecule has 0 aliphatic heterocycles. The summed E-state index contributed by atoms with van der Waals surface area (Å²) in [7, 11) is 0. The molecule has 0 aliphatic rings. The first kappa shape index (κ1) is 22.2. The summed E-state index contributed by atoms with van der Waals surface area (Å²) >= 11 is 5.95. The van der Waals surface area contributed by atoms with Crippen LogP contribution in [0.1, 0.15) is 36.3 Å². The molecule has 2 N–H and O–H groups in total. The van der Waals surface area contributed by atoms with Crippen molar-refractivity contribution in [1.82, 2.24) is 19.4 Å². The van der Waals surface area contributed by atoms with Gasteiger partial charge in [0.2, 0.25) is 5.71 Å². The number of pyridine rings is 1. The third kappa shape index (κ3) is 4.75. The lowest BCUT2D eigenvalue weighted by atomic mass is 10.1. The van der Waals surface area contributed by atoms with Gasteiger partial charge in [0.25, 0.3) is 5.56 Å². The number of halogens is 1. The maximum absolute atomic E-state index is 13.4. The number of nitrogens with two attached hydrogens (primary N) is 1. The Kier molecular flexibility index (Phi) is 6.99. The lowest BCUT2D eigenvalue weighted by Gasteiger charge is -2.31. The van der Waals surface area contributed by atoms with Gasteiger partial charge < -0.3 is 10.2 Å². The van der Waals surface area contributed by atoms with Gasteiger partial charge >= 0.3 is 0 Å². The second kappa shape index (κ2) is 10.1. The third-order valence-electron chi connectivity index (χ3n) is 5.51. The second-order valence-corrected chi connectivity index (χ2v) is 8.05. The topological polar surface area (TPSA) is 90.2 Å². The van der Waals surface area contributed by atoms with Crippen molar-refractivity contribution in [1.29, 1.82) is 0 Å². The van der Waals surface area contributed by atoms with Gasteiger partial charge in [-0.05, 0) is 29.7 Å². The molecule has 0 saturated carbocycles. The molecule has 0 fully saturated rings. The quantitative estimate of drug-likeness (QED) is 0.387. The molecule has 0 bridgehead atoms. The fourth-order valence-corrected chi connectivity index (χ4v) is 4.10. The highest BCUT2D eigenvalue weighted by molar-refractivity contribution is 6.29. The van der Waals surface area contributed by atoms with Crippen molar-refractivity contribution in [2.75, 3.05) is 13.1 Å². The van der Waals surface area contributed by atoms with Crippen LogP contribution >= 0.6 is 11.6 Å². The summed E-state index contributed by atoms with van der Waals surface area (Å²) in [4.78, 5) is 24.6. The maximum atomic E-state index is 13.4. The second-order valence-electron chi connectivity index (χ2n) is 7.66. The van der Waals surface area contributed by atoms with E-state index in [2.05, 4.69) is 16.8 Å². The standard InChI is InChI=1S/C24H26ClN5O2/c1-2-20(29(12-11-26)15-18-8-9-21(25)27-14-18)22-28-23-19(10-13-32-23)24(31)30(22)16-17-6-4-3-5-7-17/h3-10,13-14,20H,2,11-12,15-16,26H2,1H3. The van der Waals surface area contributed by atoms with Crippen molar-refractivity contribution in [3.8, 4) is 0 Å². The highest BCUT2D eigenvalue weighted by Crippen LogP contribution is 2.26. The van der Waals surface area contributed by atoms with Crippen molar-refractivity contribution in [2.24, 2.45) is 5.73 Å². The summed E-state index contributed by atoms with van der Waals surface area (Å²) in [5.74, 6) is 0.666. The number of fused-ring (bicyclic) bond motifs is 1. The third-order valence-corrected chi connectivity index (χ3v) is 5.74. The van der Waals surface area contributed by atoms with E-state index in [0.29, 0.717) is 48.3 Å². The van der Waals surface area contributed by atoms with E-state index in [9.17, 15) is 4.79 Å². The van der Waals surface area contributed by atoms with Gasteiger partial charge in [-0.25, -0.2) is 4.98 Å². The monoisotopic (exact) mass is 451 g/mol. The number of hydrogen-bond donors (Lipinski definition) is 1. The number of aromatic nitrogens is 3. The van der Waals surface area contributed by atoms with Gasteiger partial charge in [-0.2, -0.15) is 4.98 Å². The minimum Gasteiger partial charge on any atom is -0.446 e. The zero-order valence-electron chi connectivity index (χ0n) is 17.9. The van der Waals surface area contributed by atoms with Gasteiger partial charge in [0.1, 0.15) is 16.4 Å². The van der Waals surface area contributed by atoms with E-state index >= 15 is 0 Å². The predicted octanol–water partition coefficient (Wildman–Crippen LogP) is 4.00. The Labute approximate surface area is 191 Å². The van der Waals surface area contributed by atoms with E-state index in [1.807, 2.05) is 36.4 Å². The van der Waals surface area contributed by atoms with Crippen molar-refractivity contribution < 1.29 is 4.42 Å². The number of benzene rings is 1. The van der Waals surface area contributed by atoms with Crippen molar-refractivity contribution in [2.45, 2.75) is 32.5 Å². The molecular formula is C24H26ClN5O2. The summed E-state index contributed by atoms with van der Waals surface area (Å²) in [6.07, 6.45) is 4.01. The number of rotatable bonds is 9. The lowest BCUT2D eigenvalue weighted by Crippen LogP contribution is -2.37. The zero-order valence-corrected chi connectivity index (χ0v) is 18.7. The molecule has 166 valence electrons. The molecule has 0 saturated heterocycles. The smallest absolute Gasteiger partial charge is 0.265 e. The minimum atomic E-state index is -0.139. The van der Waals surface area contributed by atoms with Gasteiger partial charge in [-0.3, -0.25) is 14.3 Å². The van der Waals surface area contributed by atoms with Gasteiger partial charge in [-0.1, -0.05) is 54.9 Å². The fourth-order valence-electron chi connectivity index (χ4n) is 3.99. The summed E-state index contributed by atoms with van der Waals surface area (Å²) in [5.41, 5.74) is 8.24. The van der Waals surface area contributed by atoms with Crippen LogP contribution in [0.25, 0.3) is 11.1 Å². The number of nitrogens with zero attached hydrogens (tertiary/aromatic N) is 4. The first-order valence-corrected chi connectivity index (χ1v) is 11.0. The molecule has 1 unspecified atom stereocenters. The normalized spacial score (nSPS) is 12.5. The van der Waals surface area contributed by atoms with E-state index in [1.165, 1.54) is 6.26 Å². The Hall–Kier alpha value is -3.00. The molecule has 4 rings (SSSR count). The average Bonchev–Trinajstić information content (AvgIpc) is 3.28. The van der Waals surface area contributed by atoms with Crippen LogP contribution in [-0.4, -0.2) is 32.5 Å². The molecule has 0 aliphatic carbocycles. The molecule has 32 heavy (non-hydrogen) atoms. The minimum absolute atomic E-state index is 0.109. The number of furan rings is 1. The van der Waals surface area contributed by atoms with Crippen molar-refractivity contribution in [3.63, 3.8) is 0 Å². The van der Waals surface area contributed by atoms with Gasteiger partial charge in [0, 0.05) is 25.8 Å². The largest absolute Gasteiger partial charge is 0.446 e. The van der Waals surface area contributed by atoms with Crippen LogP contribution < -0.4 is 11.3 Å². The van der Waals surface area contributed by atoms with Crippen molar-refractivity contribution in [3.05, 3.63) is 93.4 Å². The molecule has 1 aromatic carbocycles. The molecule has 0 radical (unpaired) electrons. The van der Waals surface area contributed by atoms with Gasteiger partial charge in [0.05, 0.1) is 18.8 Å². The van der Waals surface area contributed by atoms with Crippen molar-refractivity contribution >= 4 is 22.7 Å². The average molecular weight is 452 g/mol. The molecule has 3 aromatic heterocycles. The van der Waals surface area contributed by atoms with E-state index in [4.69, 9.17) is 26.7 Å². The van der Waals surface area contributed by atoms with Crippen LogP contribution in [0.3, 0.4) is 0 Å². The highest BCUT2D eigenvalue weighted by atomic mass is 35.5. The molecule has 7 nitrogen and oxygen atoms in total. The lowest BCUT2D eigenvalue weighted by molar-refractivity contribution is 0.175. The summed E-state index contributed by atoms with van der Waals surface area (Å²) in [5, 5.41) is 0.930. The summed E-state index contributed by atoms with van der Waals surface area (Å²) in [6, 6.07) is 15.2. The molecular weight excluding hydrogens is 426 g/mol. The van der Waals surface area contributed by atoms with E-state index < -0.39 is 0 Å². The summed E-state index contributed by atoms with van der Waals surface area (Å²) < 4.78 is 7.27. The predicted molar refractivity (Wildman–Crippen MR) is 126 cm³/mol.